The number of para-hydroxylation sites is 1. The van der Waals surface area contributed by atoms with Crippen LogP contribution < -0.4 is 9.47 Å². The Morgan fingerprint density at radius 3 is 2.96 bits per heavy atom. The molecular formula is C20H18N2O2S2. The maximum absolute atomic E-state index is 6.44. The van der Waals surface area contributed by atoms with Crippen LogP contribution in [0.2, 0.25) is 0 Å². The molecule has 2 aliphatic rings. The highest BCUT2D eigenvalue weighted by Crippen LogP contribution is 2.51. The average molecular weight is 383 g/mol. The number of thiophene rings is 2. The second kappa shape index (κ2) is 6.45. The van der Waals surface area contributed by atoms with Crippen molar-refractivity contribution in [2.45, 2.75) is 25.6 Å². The van der Waals surface area contributed by atoms with Gasteiger partial charge < -0.3 is 9.47 Å². The van der Waals surface area contributed by atoms with Gasteiger partial charge in [0.25, 0.3) is 0 Å². The minimum absolute atomic E-state index is 0.168. The molecule has 0 radical (unpaired) electrons. The zero-order valence-corrected chi connectivity index (χ0v) is 15.9. The summed E-state index contributed by atoms with van der Waals surface area (Å²) in [5.41, 5.74) is 3.41. The first-order valence-electron chi connectivity index (χ1n) is 8.69. The van der Waals surface area contributed by atoms with Crippen LogP contribution in [0.25, 0.3) is 0 Å². The smallest absolute Gasteiger partial charge is 0.214 e. The molecule has 0 amide bonds. The molecular weight excluding hydrogens is 364 g/mol. The monoisotopic (exact) mass is 382 g/mol. The molecule has 0 saturated heterocycles. The van der Waals surface area contributed by atoms with Crippen LogP contribution in [0.1, 0.15) is 41.6 Å². The Kier molecular flexibility index (Phi) is 3.94. The van der Waals surface area contributed by atoms with Crippen LogP contribution in [0.15, 0.2) is 57.6 Å². The number of hydrogen-bond acceptors (Lipinski definition) is 6. The SMILES string of the molecule is CCOc1cccc2c1O[C@@H](c1ccsc1)N1N=C(c3cccs3)C[C@H]21. The first-order chi connectivity index (χ1) is 12.8. The molecule has 26 heavy (non-hydrogen) atoms. The molecule has 3 aromatic rings. The van der Waals surface area contributed by atoms with Gasteiger partial charge in [0.2, 0.25) is 6.23 Å². The Bertz CT molecular complexity index is 935. The highest BCUT2D eigenvalue weighted by molar-refractivity contribution is 7.12. The van der Waals surface area contributed by atoms with Gasteiger partial charge >= 0.3 is 0 Å². The normalized spacial score (nSPS) is 21.0. The van der Waals surface area contributed by atoms with E-state index in [-0.39, 0.29) is 12.3 Å². The maximum Gasteiger partial charge on any atom is 0.214 e. The van der Waals surface area contributed by atoms with Crippen LogP contribution in [-0.2, 0) is 0 Å². The molecule has 0 fully saturated rings. The maximum atomic E-state index is 6.44. The average Bonchev–Trinajstić information content (AvgIpc) is 3.41. The fourth-order valence-corrected chi connectivity index (χ4v) is 4.97. The van der Waals surface area contributed by atoms with Crippen molar-refractivity contribution in [1.82, 2.24) is 5.01 Å². The van der Waals surface area contributed by atoms with Crippen LogP contribution in [0.5, 0.6) is 11.5 Å². The van der Waals surface area contributed by atoms with Crippen molar-refractivity contribution in [2.24, 2.45) is 5.10 Å². The third-order valence-corrected chi connectivity index (χ3v) is 6.33. The van der Waals surface area contributed by atoms with Crippen LogP contribution in [0, 0.1) is 0 Å². The number of ether oxygens (including phenoxy) is 2. The molecule has 2 atom stereocenters. The summed E-state index contributed by atoms with van der Waals surface area (Å²) in [5, 5.41) is 13.4. The zero-order valence-electron chi connectivity index (χ0n) is 14.3. The highest BCUT2D eigenvalue weighted by atomic mass is 32.1. The van der Waals surface area contributed by atoms with E-state index in [1.165, 1.54) is 4.88 Å². The second-order valence-corrected chi connectivity index (χ2v) is 7.99. The number of hydrogen-bond donors (Lipinski definition) is 0. The Morgan fingerprint density at radius 2 is 2.19 bits per heavy atom. The summed E-state index contributed by atoms with van der Waals surface area (Å²) in [7, 11) is 0. The molecule has 0 N–H and O–H groups in total. The summed E-state index contributed by atoms with van der Waals surface area (Å²) in [5.74, 6) is 1.67. The fraction of sp³-hybridized carbons (Fsp3) is 0.250. The van der Waals surface area contributed by atoms with E-state index in [0.29, 0.717) is 6.61 Å². The van der Waals surface area contributed by atoms with Gasteiger partial charge in [-0.25, -0.2) is 5.01 Å². The van der Waals surface area contributed by atoms with Crippen molar-refractivity contribution in [3.63, 3.8) is 0 Å². The molecule has 2 aromatic heterocycles. The van der Waals surface area contributed by atoms with E-state index >= 15 is 0 Å². The summed E-state index contributed by atoms with van der Waals surface area (Å²) >= 11 is 3.41. The van der Waals surface area contributed by atoms with E-state index in [2.05, 4.69) is 45.4 Å². The van der Waals surface area contributed by atoms with Crippen LogP contribution >= 0.6 is 22.7 Å². The third-order valence-electron chi connectivity index (χ3n) is 4.71. The molecule has 1 aromatic carbocycles. The van der Waals surface area contributed by atoms with E-state index in [1.807, 2.05) is 19.1 Å². The Morgan fingerprint density at radius 1 is 1.23 bits per heavy atom. The van der Waals surface area contributed by atoms with E-state index in [1.54, 1.807) is 22.7 Å². The van der Waals surface area contributed by atoms with Gasteiger partial charge in [0.05, 0.1) is 23.2 Å². The van der Waals surface area contributed by atoms with Crippen molar-refractivity contribution in [2.75, 3.05) is 6.61 Å². The van der Waals surface area contributed by atoms with Gasteiger partial charge in [-0.15, -0.1) is 11.3 Å². The number of nitrogens with zero attached hydrogens (tertiary/aromatic N) is 2. The Labute approximate surface area is 160 Å². The largest absolute Gasteiger partial charge is 0.490 e. The number of fused-ring (bicyclic) bond motifs is 3. The third kappa shape index (κ3) is 2.52. The van der Waals surface area contributed by atoms with Gasteiger partial charge in [-0.3, -0.25) is 0 Å². The lowest BCUT2D eigenvalue weighted by Gasteiger charge is -2.38. The molecule has 6 heteroatoms. The molecule has 0 saturated carbocycles. The molecule has 0 aliphatic carbocycles. The number of rotatable bonds is 4. The van der Waals surface area contributed by atoms with Crippen molar-refractivity contribution in [3.8, 4) is 11.5 Å². The molecule has 4 heterocycles. The van der Waals surface area contributed by atoms with Crippen molar-refractivity contribution >= 4 is 28.4 Å². The van der Waals surface area contributed by atoms with Crippen molar-refractivity contribution < 1.29 is 9.47 Å². The van der Waals surface area contributed by atoms with Gasteiger partial charge in [-0.2, -0.15) is 16.4 Å². The van der Waals surface area contributed by atoms with Crippen LogP contribution in [0.3, 0.4) is 0 Å². The second-order valence-electron chi connectivity index (χ2n) is 6.26. The van der Waals surface area contributed by atoms with Crippen molar-refractivity contribution in [1.29, 1.82) is 0 Å². The van der Waals surface area contributed by atoms with Crippen molar-refractivity contribution in [3.05, 3.63) is 68.5 Å². The van der Waals surface area contributed by atoms with Gasteiger partial charge in [0.1, 0.15) is 0 Å². The molecule has 4 nitrogen and oxygen atoms in total. The Hall–Kier alpha value is -2.31. The predicted molar refractivity (Wildman–Crippen MR) is 105 cm³/mol. The lowest BCUT2D eigenvalue weighted by molar-refractivity contribution is -0.0209. The summed E-state index contributed by atoms with van der Waals surface area (Å²) in [6.45, 7) is 2.62. The zero-order chi connectivity index (χ0) is 17.5. The summed E-state index contributed by atoms with van der Waals surface area (Å²) in [6, 6.07) is 12.7. The van der Waals surface area contributed by atoms with Crippen LogP contribution in [0.4, 0.5) is 0 Å². The Balaban J connectivity index is 1.61. The number of hydrazone groups is 1. The number of benzene rings is 1. The molecule has 0 bridgehead atoms. The topological polar surface area (TPSA) is 34.1 Å². The lowest BCUT2D eigenvalue weighted by atomic mass is 9.97. The fourth-order valence-electron chi connectivity index (χ4n) is 3.58. The molecule has 0 spiro atoms. The van der Waals surface area contributed by atoms with Gasteiger partial charge in [0.15, 0.2) is 11.5 Å². The molecule has 5 rings (SSSR count). The lowest BCUT2D eigenvalue weighted by Crippen LogP contribution is -2.33. The van der Waals surface area contributed by atoms with Crippen LogP contribution in [-0.4, -0.2) is 17.3 Å². The minimum atomic E-state index is -0.224. The minimum Gasteiger partial charge on any atom is -0.490 e. The van der Waals surface area contributed by atoms with Gasteiger partial charge in [-0.05, 0) is 41.3 Å². The van der Waals surface area contributed by atoms with Gasteiger partial charge in [0, 0.05) is 17.5 Å². The van der Waals surface area contributed by atoms with Gasteiger partial charge in [-0.1, -0.05) is 18.2 Å². The van der Waals surface area contributed by atoms with E-state index < -0.39 is 0 Å². The summed E-state index contributed by atoms with van der Waals surface area (Å²) in [4.78, 5) is 1.23. The first kappa shape index (κ1) is 15.9. The summed E-state index contributed by atoms with van der Waals surface area (Å²) in [6.07, 6.45) is 0.658. The molecule has 132 valence electrons. The standard InChI is InChI=1S/C20H18N2O2S2/c1-2-23-17-6-3-5-14-16-11-15(18-7-4-9-26-18)21-22(16)20(24-19(14)17)13-8-10-25-12-13/h3-10,12,16,20H,2,11H2,1H3/t16-,20+/m1/s1. The van der Waals surface area contributed by atoms with E-state index in [4.69, 9.17) is 14.6 Å². The quantitative estimate of drug-likeness (QED) is 0.602. The summed E-state index contributed by atoms with van der Waals surface area (Å²) < 4.78 is 12.3. The highest BCUT2D eigenvalue weighted by Gasteiger charge is 2.42. The predicted octanol–water partition coefficient (Wildman–Crippen LogP) is 5.45. The first-order valence-corrected chi connectivity index (χ1v) is 10.5. The van der Waals surface area contributed by atoms with E-state index in [9.17, 15) is 0 Å². The molecule has 2 aliphatic heterocycles. The molecule has 0 unspecified atom stereocenters. The van der Waals surface area contributed by atoms with E-state index in [0.717, 1.165) is 34.8 Å².